The molecule has 0 aliphatic rings. The van der Waals surface area contributed by atoms with Gasteiger partial charge in [-0.15, -0.1) is 10.2 Å². The Morgan fingerprint density at radius 1 is 1.20 bits per heavy atom. The van der Waals surface area contributed by atoms with E-state index in [9.17, 15) is 18.5 Å². The monoisotopic (exact) mass is 441 g/mol. The summed E-state index contributed by atoms with van der Waals surface area (Å²) in [5.74, 6) is -0.686. The van der Waals surface area contributed by atoms with E-state index in [0.717, 1.165) is 45.8 Å². The molecule has 0 fully saturated rings. The molecule has 0 saturated heterocycles. The number of sulfone groups is 1. The Hall–Kier alpha value is -3.29. The van der Waals surface area contributed by atoms with Crippen LogP contribution in [0.3, 0.4) is 0 Å². The lowest BCUT2D eigenvalue weighted by molar-refractivity contribution is -0.112. The lowest BCUT2D eigenvalue weighted by Gasteiger charge is -2.10. The van der Waals surface area contributed by atoms with Crippen LogP contribution in [0.5, 0.6) is 0 Å². The summed E-state index contributed by atoms with van der Waals surface area (Å²) in [5, 5.41) is 19.1. The summed E-state index contributed by atoms with van der Waals surface area (Å²) in [6.45, 7) is 5.88. The van der Waals surface area contributed by atoms with E-state index in [1.807, 2.05) is 61.7 Å². The molecule has 0 saturated carbocycles. The zero-order chi connectivity index (χ0) is 22.1. The van der Waals surface area contributed by atoms with Gasteiger partial charge in [0.15, 0.2) is 0 Å². The van der Waals surface area contributed by atoms with Gasteiger partial charge in [-0.2, -0.15) is 5.26 Å². The number of carbonyl (C=O) groups excluding carboxylic acids is 1. The molecule has 0 atom stereocenters. The fraction of sp³-hybridized carbons (Fsp3) is 0.200. The summed E-state index contributed by atoms with van der Waals surface area (Å²) in [5.41, 5.74) is 4.58. The lowest BCUT2D eigenvalue weighted by atomic mass is 10.1. The smallest absolute Gasteiger partial charge is 0.268 e. The standard InChI is InChI=1S/C20H19N5O3S2/c1-12-5-7-17(8-6-12)25-13(2)9-15(14(25)3)10-16(11-21)18(26)22-19-23-24-20(29-19)30(4,27)28/h5-10H,1-4H3,(H,22,23,26). The van der Waals surface area contributed by atoms with Crippen molar-refractivity contribution < 1.29 is 13.2 Å². The van der Waals surface area contributed by atoms with Crippen LogP contribution in [0.25, 0.3) is 11.8 Å². The van der Waals surface area contributed by atoms with E-state index in [1.165, 1.54) is 6.08 Å². The molecule has 0 radical (unpaired) electrons. The predicted octanol–water partition coefficient (Wildman–Crippen LogP) is 3.20. The highest BCUT2D eigenvalue weighted by molar-refractivity contribution is 7.92. The zero-order valence-corrected chi connectivity index (χ0v) is 18.4. The van der Waals surface area contributed by atoms with E-state index < -0.39 is 15.7 Å². The van der Waals surface area contributed by atoms with E-state index in [4.69, 9.17) is 0 Å². The van der Waals surface area contributed by atoms with Crippen molar-refractivity contribution in [2.75, 3.05) is 11.6 Å². The first-order valence-corrected chi connectivity index (χ1v) is 11.5. The molecule has 0 aliphatic carbocycles. The minimum Gasteiger partial charge on any atom is -0.318 e. The van der Waals surface area contributed by atoms with Crippen LogP contribution in [0.2, 0.25) is 0 Å². The van der Waals surface area contributed by atoms with Gasteiger partial charge in [-0.05, 0) is 50.6 Å². The van der Waals surface area contributed by atoms with E-state index in [1.54, 1.807) is 0 Å². The van der Waals surface area contributed by atoms with E-state index in [-0.39, 0.29) is 15.0 Å². The summed E-state index contributed by atoms with van der Waals surface area (Å²) in [6.07, 6.45) is 2.50. The van der Waals surface area contributed by atoms with Crippen LogP contribution in [-0.4, -0.2) is 35.3 Å². The van der Waals surface area contributed by atoms with Crippen LogP contribution in [0.4, 0.5) is 5.13 Å². The summed E-state index contributed by atoms with van der Waals surface area (Å²) in [7, 11) is -3.52. The van der Waals surface area contributed by atoms with Gasteiger partial charge in [0.05, 0.1) is 0 Å². The van der Waals surface area contributed by atoms with Gasteiger partial charge in [-0.3, -0.25) is 10.1 Å². The number of aromatic nitrogens is 3. The first-order valence-electron chi connectivity index (χ1n) is 8.83. The second kappa shape index (κ2) is 8.22. The number of nitrogens with one attached hydrogen (secondary N) is 1. The van der Waals surface area contributed by atoms with Gasteiger partial charge >= 0.3 is 0 Å². The van der Waals surface area contributed by atoms with Crippen molar-refractivity contribution in [3.8, 4) is 11.8 Å². The number of amides is 1. The quantitative estimate of drug-likeness (QED) is 0.369. The molecule has 3 aromatic rings. The second-order valence-electron chi connectivity index (χ2n) is 6.77. The van der Waals surface area contributed by atoms with Gasteiger partial charge < -0.3 is 4.57 Å². The SMILES string of the molecule is Cc1ccc(-n2c(C)cc(C=C(C#N)C(=O)Nc3nnc(S(C)(=O)=O)s3)c2C)cc1. The number of nitriles is 1. The summed E-state index contributed by atoms with van der Waals surface area (Å²) < 4.78 is 24.8. The van der Waals surface area contributed by atoms with E-state index in [2.05, 4.69) is 15.5 Å². The van der Waals surface area contributed by atoms with Crippen molar-refractivity contribution >= 4 is 38.3 Å². The highest BCUT2D eigenvalue weighted by Crippen LogP contribution is 2.24. The van der Waals surface area contributed by atoms with Crippen LogP contribution >= 0.6 is 11.3 Å². The Morgan fingerprint density at radius 2 is 1.87 bits per heavy atom. The maximum absolute atomic E-state index is 12.5. The van der Waals surface area contributed by atoms with E-state index >= 15 is 0 Å². The van der Waals surface area contributed by atoms with Gasteiger partial charge in [0.2, 0.25) is 19.3 Å². The fourth-order valence-corrected chi connectivity index (χ4v) is 4.41. The molecule has 1 N–H and O–H groups in total. The van der Waals surface area contributed by atoms with Gasteiger partial charge in [-0.25, -0.2) is 8.42 Å². The van der Waals surface area contributed by atoms with Crippen molar-refractivity contribution in [3.63, 3.8) is 0 Å². The lowest BCUT2D eigenvalue weighted by Crippen LogP contribution is -2.13. The van der Waals surface area contributed by atoms with Crippen molar-refractivity contribution in [3.05, 3.63) is 58.4 Å². The number of hydrogen-bond donors (Lipinski definition) is 1. The molecule has 154 valence electrons. The largest absolute Gasteiger partial charge is 0.318 e. The average molecular weight is 442 g/mol. The number of nitrogens with zero attached hydrogens (tertiary/aromatic N) is 4. The van der Waals surface area contributed by atoms with Crippen molar-refractivity contribution in [1.29, 1.82) is 5.26 Å². The number of benzene rings is 1. The van der Waals surface area contributed by atoms with Crippen LogP contribution in [0.1, 0.15) is 22.5 Å². The Morgan fingerprint density at radius 3 is 2.43 bits per heavy atom. The third-order valence-electron chi connectivity index (χ3n) is 4.37. The molecule has 10 heteroatoms. The Labute approximate surface area is 178 Å². The van der Waals surface area contributed by atoms with Crippen LogP contribution in [-0.2, 0) is 14.6 Å². The highest BCUT2D eigenvalue weighted by Gasteiger charge is 2.18. The molecule has 3 rings (SSSR count). The minimum absolute atomic E-state index is 0.00621. The summed E-state index contributed by atoms with van der Waals surface area (Å²) in [6, 6.07) is 11.8. The summed E-state index contributed by atoms with van der Waals surface area (Å²) in [4.78, 5) is 12.5. The third-order valence-corrected chi connectivity index (χ3v) is 6.88. The molecule has 2 aromatic heterocycles. The molecule has 0 aliphatic heterocycles. The van der Waals surface area contributed by atoms with Crippen LogP contribution in [0, 0.1) is 32.1 Å². The Kier molecular flexibility index (Phi) is 5.87. The fourth-order valence-electron chi connectivity index (χ4n) is 2.90. The molecule has 1 aromatic carbocycles. The molecule has 30 heavy (non-hydrogen) atoms. The highest BCUT2D eigenvalue weighted by atomic mass is 32.2. The molecule has 0 unspecified atom stereocenters. The van der Waals surface area contributed by atoms with Gasteiger partial charge in [0, 0.05) is 23.3 Å². The molecule has 0 spiro atoms. The second-order valence-corrected chi connectivity index (χ2v) is 9.93. The summed E-state index contributed by atoms with van der Waals surface area (Å²) >= 11 is 0.728. The predicted molar refractivity (Wildman–Crippen MR) is 115 cm³/mol. The van der Waals surface area contributed by atoms with Gasteiger partial charge in [-0.1, -0.05) is 29.0 Å². The number of rotatable bonds is 5. The zero-order valence-electron chi connectivity index (χ0n) is 16.8. The number of anilines is 1. The maximum atomic E-state index is 12.5. The molecular weight excluding hydrogens is 422 g/mol. The third kappa shape index (κ3) is 4.48. The minimum atomic E-state index is -3.52. The van der Waals surface area contributed by atoms with Gasteiger partial charge in [0.1, 0.15) is 11.6 Å². The number of hydrogen-bond acceptors (Lipinski definition) is 7. The van der Waals surface area contributed by atoms with Gasteiger partial charge in [0.25, 0.3) is 5.91 Å². The molecule has 0 bridgehead atoms. The average Bonchev–Trinajstić information content (AvgIpc) is 3.25. The van der Waals surface area contributed by atoms with Crippen molar-refractivity contribution in [1.82, 2.24) is 14.8 Å². The Balaban J connectivity index is 1.90. The number of carbonyl (C=O) groups is 1. The van der Waals surface area contributed by atoms with Crippen molar-refractivity contribution in [2.45, 2.75) is 25.1 Å². The first-order chi connectivity index (χ1) is 14.1. The Bertz CT molecular complexity index is 1290. The van der Waals surface area contributed by atoms with E-state index in [0.29, 0.717) is 0 Å². The first kappa shape index (κ1) is 21.4. The normalized spacial score (nSPS) is 11.9. The number of aryl methyl sites for hydroxylation is 2. The van der Waals surface area contributed by atoms with Crippen molar-refractivity contribution in [2.24, 2.45) is 0 Å². The maximum Gasteiger partial charge on any atom is 0.268 e. The molecule has 8 nitrogen and oxygen atoms in total. The van der Waals surface area contributed by atoms with Crippen LogP contribution in [0.15, 0.2) is 40.2 Å². The molecule has 1 amide bonds. The molecular formula is C20H19N5O3S2. The van der Waals surface area contributed by atoms with Crippen LogP contribution < -0.4 is 5.32 Å². The molecule has 2 heterocycles. The topological polar surface area (TPSA) is 118 Å².